The van der Waals surface area contributed by atoms with Gasteiger partial charge in [0.1, 0.15) is 0 Å². The summed E-state index contributed by atoms with van der Waals surface area (Å²) in [6.45, 7) is 26.2. The highest BCUT2D eigenvalue weighted by molar-refractivity contribution is 6.35. The van der Waals surface area contributed by atoms with E-state index in [0.717, 1.165) is 6.42 Å². The lowest BCUT2D eigenvalue weighted by Gasteiger charge is -2.55. The van der Waals surface area contributed by atoms with Crippen LogP contribution in [0.4, 0.5) is 0 Å². The number of hydrogen-bond donors (Lipinski definition) is 3. The average Bonchev–Trinajstić information content (AvgIpc) is 2.74. The SMILES string of the molecule is CCC(C)NC(=O)C(=O)NCCCOC(=O)[C@](C)(CC(C)(C)C)C(C)(C)C(C)(C)CC(C(=O)O)C(C)(C)C. The van der Waals surface area contributed by atoms with Gasteiger partial charge < -0.3 is 20.5 Å². The highest BCUT2D eigenvalue weighted by Crippen LogP contribution is 2.59. The number of esters is 1. The Balaban J connectivity index is 5.63. The van der Waals surface area contributed by atoms with Crippen LogP contribution in [0.25, 0.3) is 0 Å². The Morgan fingerprint density at radius 3 is 1.82 bits per heavy atom. The van der Waals surface area contributed by atoms with E-state index in [1.54, 1.807) is 0 Å². The van der Waals surface area contributed by atoms with Crippen molar-refractivity contribution < 1.29 is 29.0 Å². The molecule has 0 saturated heterocycles. The van der Waals surface area contributed by atoms with E-state index in [2.05, 4.69) is 31.4 Å². The van der Waals surface area contributed by atoms with Crippen LogP contribution in [0.5, 0.6) is 0 Å². The monoisotopic (exact) mass is 540 g/mol. The number of carboxylic acid groups (broad SMARTS) is 1. The van der Waals surface area contributed by atoms with Crippen molar-refractivity contribution in [2.24, 2.45) is 33.0 Å². The minimum atomic E-state index is -0.908. The molecule has 0 rings (SSSR count). The minimum absolute atomic E-state index is 0.0866. The molecule has 38 heavy (non-hydrogen) atoms. The van der Waals surface area contributed by atoms with E-state index in [1.807, 2.05) is 69.2 Å². The van der Waals surface area contributed by atoms with Gasteiger partial charge in [-0.15, -0.1) is 0 Å². The zero-order chi connectivity index (χ0) is 30.3. The number of amides is 2. The number of ether oxygens (including phenoxy) is 1. The fourth-order valence-electron chi connectivity index (χ4n) is 4.96. The number of carbonyl (C=O) groups excluding carboxylic acids is 3. The largest absolute Gasteiger partial charge is 0.481 e. The Labute approximate surface area is 231 Å². The first kappa shape index (κ1) is 35.9. The molecule has 0 aliphatic heterocycles. The van der Waals surface area contributed by atoms with Crippen molar-refractivity contribution in [1.29, 1.82) is 0 Å². The van der Waals surface area contributed by atoms with E-state index < -0.39 is 45.4 Å². The second-order valence-electron chi connectivity index (χ2n) is 14.6. The maximum atomic E-state index is 13.7. The second-order valence-corrected chi connectivity index (χ2v) is 14.6. The van der Waals surface area contributed by atoms with E-state index in [4.69, 9.17) is 4.74 Å². The number of aliphatic carboxylic acids is 1. The van der Waals surface area contributed by atoms with Crippen LogP contribution in [0, 0.1) is 33.0 Å². The van der Waals surface area contributed by atoms with Gasteiger partial charge >= 0.3 is 23.8 Å². The van der Waals surface area contributed by atoms with Gasteiger partial charge in [0.2, 0.25) is 0 Å². The van der Waals surface area contributed by atoms with E-state index in [0.29, 0.717) is 19.3 Å². The van der Waals surface area contributed by atoms with Crippen LogP contribution in [0.2, 0.25) is 0 Å². The lowest BCUT2D eigenvalue weighted by atomic mass is 9.49. The van der Waals surface area contributed by atoms with Crippen molar-refractivity contribution in [3.63, 3.8) is 0 Å². The summed E-state index contributed by atoms with van der Waals surface area (Å²) in [5, 5.41) is 15.2. The Kier molecular flexibility index (Phi) is 12.6. The summed E-state index contributed by atoms with van der Waals surface area (Å²) < 4.78 is 5.77. The van der Waals surface area contributed by atoms with Gasteiger partial charge in [-0.1, -0.05) is 76.2 Å². The maximum absolute atomic E-state index is 13.7. The fourth-order valence-corrected chi connectivity index (χ4v) is 4.96. The van der Waals surface area contributed by atoms with Crippen LogP contribution in [0.1, 0.15) is 116 Å². The van der Waals surface area contributed by atoms with Crippen LogP contribution >= 0.6 is 0 Å². The summed E-state index contributed by atoms with van der Waals surface area (Å²) in [5.41, 5.74) is -2.66. The van der Waals surface area contributed by atoms with E-state index in [1.165, 1.54) is 0 Å². The molecular weight excluding hydrogens is 484 g/mol. The van der Waals surface area contributed by atoms with Crippen molar-refractivity contribution in [2.45, 2.75) is 122 Å². The number of carbonyl (C=O) groups is 4. The van der Waals surface area contributed by atoms with Gasteiger partial charge in [0.15, 0.2) is 0 Å². The summed E-state index contributed by atoms with van der Waals surface area (Å²) in [6.07, 6.45) is 2.06. The van der Waals surface area contributed by atoms with Crippen molar-refractivity contribution in [2.75, 3.05) is 13.2 Å². The summed E-state index contributed by atoms with van der Waals surface area (Å²) in [4.78, 5) is 49.8. The van der Waals surface area contributed by atoms with Gasteiger partial charge in [-0.05, 0) is 61.2 Å². The molecule has 0 aromatic heterocycles. The first-order chi connectivity index (χ1) is 16.9. The molecule has 8 heteroatoms. The molecular formula is C30H56N2O6. The second kappa shape index (κ2) is 13.3. The topological polar surface area (TPSA) is 122 Å². The number of hydrogen-bond acceptors (Lipinski definition) is 5. The molecule has 0 bridgehead atoms. The Morgan fingerprint density at radius 1 is 0.868 bits per heavy atom. The summed E-state index contributed by atoms with van der Waals surface area (Å²) in [6, 6.07) is -0.0866. The Morgan fingerprint density at radius 2 is 1.39 bits per heavy atom. The van der Waals surface area contributed by atoms with Gasteiger partial charge in [0.25, 0.3) is 0 Å². The highest BCUT2D eigenvalue weighted by Gasteiger charge is 2.57. The zero-order valence-electron chi connectivity index (χ0n) is 26.4. The number of carboxylic acids is 1. The molecule has 222 valence electrons. The van der Waals surface area contributed by atoms with Crippen LogP contribution in [0.15, 0.2) is 0 Å². The van der Waals surface area contributed by atoms with E-state index in [-0.39, 0.29) is 30.6 Å². The third kappa shape index (κ3) is 9.88. The van der Waals surface area contributed by atoms with E-state index in [9.17, 15) is 24.3 Å². The van der Waals surface area contributed by atoms with Gasteiger partial charge in [0.05, 0.1) is 17.9 Å². The van der Waals surface area contributed by atoms with Gasteiger partial charge in [-0.3, -0.25) is 19.2 Å². The van der Waals surface area contributed by atoms with Crippen molar-refractivity contribution in [3.8, 4) is 0 Å². The van der Waals surface area contributed by atoms with Gasteiger partial charge in [-0.25, -0.2) is 0 Å². The predicted molar refractivity (Wildman–Crippen MR) is 151 cm³/mol. The summed E-state index contributed by atoms with van der Waals surface area (Å²) >= 11 is 0. The van der Waals surface area contributed by atoms with Gasteiger partial charge in [-0.2, -0.15) is 0 Å². The lowest BCUT2D eigenvalue weighted by Crippen LogP contribution is -2.54. The standard InChI is InChI=1S/C30H56N2O6/c1-14-20(2)32-23(34)22(33)31-16-15-17-38-25(37)30(13,19-26(3,4)5)29(11,12)28(9,10)18-21(24(35)36)27(6,7)8/h20-21H,14-19H2,1-13H3,(H,31,33)(H,32,34)(H,35,36)/t20?,21?,30-/m0/s1. The first-order valence-electron chi connectivity index (χ1n) is 13.9. The molecule has 0 saturated carbocycles. The third-order valence-electron chi connectivity index (χ3n) is 8.50. The summed E-state index contributed by atoms with van der Waals surface area (Å²) in [7, 11) is 0. The molecule has 0 spiro atoms. The normalized spacial score (nSPS) is 16.1. The molecule has 0 heterocycles. The quantitative estimate of drug-likeness (QED) is 0.159. The molecule has 2 unspecified atom stereocenters. The summed E-state index contributed by atoms with van der Waals surface area (Å²) in [5.74, 6) is -3.12. The Hall–Kier alpha value is -2.12. The average molecular weight is 541 g/mol. The molecule has 0 radical (unpaired) electrons. The molecule has 0 aliphatic rings. The molecule has 0 aliphatic carbocycles. The molecule has 8 nitrogen and oxygen atoms in total. The third-order valence-corrected chi connectivity index (χ3v) is 8.50. The Bertz CT molecular complexity index is 835. The minimum Gasteiger partial charge on any atom is -0.481 e. The lowest BCUT2D eigenvalue weighted by molar-refractivity contribution is -0.176. The van der Waals surface area contributed by atoms with Crippen molar-refractivity contribution >= 4 is 23.8 Å². The van der Waals surface area contributed by atoms with Crippen molar-refractivity contribution in [1.82, 2.24) is 10.6 Å². The zero-order valence-corrected chi connectivity index (χ0v) is 26.4. The predicted octanol–water partition coefficient (Wildman–Crippen LogP) is 5.58. The van der Waals surface area contributed by atoms with Crippen LogP contribution in [0.3, 0.4) is 0 Å². The molecule has 0 aromatic carbocycles. The van der Waals surface area contributed by atoms with E-state index >= 15 is 0 Å². The fraction of sp³-hybridized carbons (Fsp3) is 0.867. The van der Waals surface area contributed by atoms with Crippen LogP contribution < -0.4 is 10.6 Å². The van der Waals surface area contributed by atoms with Crippen LogP contribution in [-0.4, -0.2) is 48.1 Å². The highest BCUT2D eigenvalue weighted by atomic mass is 16.5. The van der Waals surface area contributed by atoms with Crippen molar-refractivity contribution in [3.05, 3.63) is 0 Å². The maximum Gasteiger partial charge on any atom is 0.312 e. The van der Waals surface area contributed by atoms with Crippen LogP contribution in [-0.2, 0) is 23.9 Å². The molecule has 0 fully saturated rings. The first-order valence-corrected chi connectivity index (χ1v) is 13.9. The smallest absolute Gasteiger partial charge is 0.312 e. The number of nitrogens with one attached hydrogen (secondary N) is 2. The molecule has 0 aromatic rings. The molecule has 3 N–H and O–H groups in total. The molecule has 3 atom stereocenters. The molecule has 2 amide bonds. The number of rotatable bonds is 13. The van der Waals surface area contributed by atoms with Gasteiger partial charge in [0, 0.05) is 12.6 Å².